The first-order chi connectivity index (χ1) is 15.6. The predicted octanol–water partition coefficient (Wildman–Crippen LogP) is 4.56. The molecule has 0 aliphatic carbocycles. The zero-order valence-electron chi connectivity index (χ0n) is 18.5. The Morgan fingerprint density at radius 2 is 1.91 bits per heavy atom. The molecule has 1 spiro atoms. The molecule has 4 heterocycles. The van der Waals surface area contributed by atoms with E-state index < -0.39 is 23.6 Å². The van der Waals surface area contributed by atoms with Crippen LogP contribution in [0.4, 0.5) is 29.2 Å². The van der Waals surface area contributed by atoms with Crippen LogP contribution in [0.3, 0.4) is 0 Å². The number of fused-ring (bicyclic) bond motifs is 1. The third-order valence-corrected chi connectivity index (χ3v) is 6.77. The molecule has 1 N–H and O–H groups in total. The zero-order valence-corrected chi connectivity index (χ0v) is 18.5. The van der Waals surface area contributed by atoms with E-state index in [1.807, 2.05) is 13.0 Å². The van der Waals surface area contributed by atoms with Gasteiger partial charge in [-0.3, -0.25) is 0 Å². The average Bonchev–Trinajstić information content (AvgIpc) is 2.71. The van der Waals surface area contributed by atoms with Crippen molar-refractivity contribution in [1.82, 2.24) is 20.1 Å². The Bertz CT molecular complexity index is 1220. The van der Waals surface area contributed by atoms with Gasteiger partial charge in [-0.1, -0.05) is 12.1 Å². The molecule has 1 atom stereocenters. The highest BCUT2D eigenvalue weighted by molar-refractivity contribution is 5.94. The number of hydrogen-bond acceptors (Lipinski definition) is 6. The van der Waals surface area contributed by atoms with Gasteiger partial charge in [0.15, 0.2) is 5.82 Å². The molecule has 10 heteroatoms. The van der Waals surface area contributed by atoms with Crippen molar-refractivity contribution in [2.45, 2.75) is 38.0 Å². The minimum atomic E-state index is -4.76. The monoisotopic (exact) mass is 460 g/mol. The summed E-state index contributed by atoms with van der Waals surface area (Å²) in [5.41, 5.74) is -0.566. The fourth-order valence-corrected chi connectivity index (χ4v) is 4.99. The van der Waals surface area contributed by atoms with Gasteiger partial charge in [0.25, 0.3) is 0 Å². The summed E-state index contributed by atoms with van der Waals surface area (Å²) in [5, 5.41) is 13.0. The molecule has 2 aliphatic rings. The van der Waals surface area contributed by atoms with Gasteiger partial charge >= 0.3 is 6.18 Å². The molecule has 0 saturated carbocycles. The number of likely N-dealkylation sites (tertiary alicyclic amines) is 1. The van der Waals surface area contributed by atoms with E-state index in [0.29, 0.717) is 11.5 Å². The predicted molar refractivity (Wildman–Crippen MR) is 118 cm³/mol. The number of aromatic nitrogens is 3. The molecular weight excluding hydrogens is 436 g/mol. The summed E-state index contributed by atoms with van der Waals surface area (Å²) >= 11 is 0. The molecule has 6 nitrogen and oxygen atoms in total. The van der Waals surface area contributed by atoms with Crippen molar-refractivity contribution in [2.75, 3.05) is 36.9 Å². The Balaban J connectivity index is 1.49. The van der Waals surface area contributed by atoms with Crippen LogP contribution in [-0.4, -0.2) is 52.3 Å². The topological polar surface area (TPSA) is 57.2 Å². The number of rotatable bonds is 4. The van der Waals surface area contributed by atoms with E-state index in [9.17, 15) is 17.6 Å². The van der Waals surface area contributed by atoms with Crippen LogP contribution in [0.25, 0.3) is 10.8 Å². The summed E-state index contributed by atoms with van der Waals surface area (Å²) < 4.78 is 54.1. The molecule has 2 aromatic heterocycles. The quantitative estimate of drug-likeness (QED) is 0.577. The molecule has 0 unspecified atom stereocenters. The summed E-state index contributed by atoms with van der Waals surface area (Å²) in [7, 11) is 2.09. The second-order valence-corrected chi connectivity index (χ2v) is 9.09. The number of aryl methyl sites for hydroxylation is 1. The van der Waals surface area contributed by atoms with Crippen molar-refractivity contribution in [3.05, 3.63) is 53.1 Å². The van der Waals surface area contributed by atoms with Gasteiger partial charge in [0.2, 0.25) is 0 Å². The summed E-state index contributed by atoms with van der Waals surface area (Å²) in [6.07, 6.45) is -1.90. The van der Waals surface area contributed by atoms with Crippen molar-refractivity contribution in [2.24, 2.45) is 0 Å². The molecule has 174 valence electrons. The third-order valence-electron chi connectivity index (χ3n) is 6.77. The van der Waals surface area contributed by atoms with Crippen molar-refractivity contribution >= 4 is 22.4 Å². The molecule has 2 aliphatic heterocycles. The molecule has 5 rings (SSSR count). The van der Waals surface area contributed by atoms with Gasteiger partial charge in [-0.05, 0) is 39.4 Å². The summed E-state index contributed by atoms with van der Waals surface area (Å²) in [4.78, 5) is 9.21. The first-order valence-corrected chi connectivity index (χ1v) is 10.8. The second kappa shape index (κ2) is 7.51. The average molecular weight is 460 g/mol. The lowest BCUT2D eigenvalue weighted by atomic mass is 9.78. The third kappa shape index (κ3) is 3.56. The van der Waals surface area contributed by atoms with Crippen LogP contribution in [-0.2, 0) is 6.18 Å². The minimum Gasteiger partial charge on any atom is -0.361 e. The van der Waals surface area contributed by atoms with Crippen molar-refractivity contribution in [1.29, 1.82) is 0 Å². The van der Waals surface area contributed by atoms with Crippen molar-refractivity contribution in [3.8, 4) is 0 Å². The lowest BCUT2D eigenvalue weighted by molar-refractivity contribution is -0.140. The van der Waals surface area contributed by atoms with Crippen LogP contribution >= 0.6 is 0 Å². The molecule has 2 saturated heterocycles. The van der Waals surface area contributed by atoms with E-state index in [4.69, 9.17) is 0 Å². The summed E-state index contributed by atoms with van der Waals surface area (Å²) in [5.74, 6) is -0.0765. The van der Waals surface area contributed by atoms with Crippen molar-refractivity contribution < 1.29 is 17.6 Å². The van der Waals surface area contributed by atoms with E-state index in [2.05, 4.69) is 37.3 Å². The van der Waals surface area contributed by atoms with Crippen LogP contribution in [0.15, 0.2) is 30.5 Å². The highest BCUT2D eigenvalue weighted by Gasteiger charge is 2.52. The zero-order chi connectivity index (χ0) is 23.5. The van der Waals surface area contributed by atoms with Gasteiger partial charge in [0.1, 0.15) is 11.6 Å². The van der Waals surface area contributed by atoms with Gasteiger partial charge < -0.3 is 15.1 Å². The van der Waals surface area contributed by atoms with Gasteiger partial charge in [0.05, 0.1) is 22.8 Å². The maximum absolute atomic E-state index is 14.7. The highest BCUT2D eigenvalue weighted by atomic mass is 19.4. The minimum absolute atomic E-state index is 0.0890. The van der Waals surface area contributed by atoms with Gasteiger partial charge in [-0.15, -0.1) is 5.10 Å². The number of nitrogens with one attached hydrogen (secondary N) is 1. The largest absolute Gasteiger partial charge is 0.419 e. The SMILES string of the molecule is Cc1nnc(N[C@H](C)c2cccc(C(F)(F)F)c2F)c2cc(N3CCC34CN(C)C4)ncc12. The van der Waals surface area contributed by atoms with E-state index in [0.717, 1.165) is 48.7 Å². The lowest BCUT2D eigenvalue weighted by Crippen LogP contribution is -2.76. The Hall–Kier alpha value is -3.01. The number of pyridine rings is 1. The highest BCUT2D eigenvalue weighted by Crippen LogP contribution is 2.42. The van der Waals surface area contributed by atoms with Crippen LogP contribution in [0.2, 0.25) is 0 Å². The number of benzene rings is 1. The van der Waals surface area contributed by atoms with Crippen LogP contribution in [0, 0.1) is 12.7 Å². The van der Waals surface area contributed by atoms with E-state index in [1.54, 1.807) is 13.1 Å². The Kier molecular flexibility index (Phi) is 4.97. The Labute approximate surface area is 188 Å². The van der Waals surface area contributed by atoms with Gasteiger partial charge in [-0.2, -0.15) is 18.3 Å². The van der Waals surface area contributed by atoms with Crippen LogP contribution in [0.5, 0.6) is 0 Å². The van der Waals surface area contributed by atoms with E-state index in [1.165, 1.54) is 12.1 Å². The fraction of sp³-hybridized carbons (Fsp3) is 0.435. The standard InChI is InChI=1S/C23H24F4N6/c1-13(15-5-4-6-18(20(15)24)23(25,26)27)29-21-16-9-19(28-10-17(16)14(2)30-31-21)33-8-7-22(33)11-32(3)12-22/h4-6,9-10,13H,7-8,11-12H2,1-3H3,(H,29,31)/t13-/m1/s1. The van der Waals surface area contributed by atoms with Gasteiger partial charge in [-0.25, -0.2) is 9.37 Å². The molecule has 33 heavy (non-hydrogen) atoms. The number of halogens is 4. The summed E-state index contributed by atoms with van der Waals surface area (Å²) in [6, 6.07) is 4.47. The molecule has 3 aromatic rings. The molecule has 0 radical (unpaired) electrons. The number of alkyl halides is 3. The van der Waals surface area contributed by atoms with Gasteiger partial charge in [0, 0.05) is 42.2 Å². The fourth-order valence-electron chi connectivity index (χ4n) is 4.99. The smallest absolute Gasteiger partial charge is 0.361 e. The Morgan fingerprint density at radius 3 is 2.55 bits per heavy atom. The molecular formula is C23H24F4N6. The normalized spacial score (nSPS) is 18.8. The number of nitrogens with zero attached hydrogens (tertiary/aromatic N) is 5. The molecule has 0 bridgehead atoms. The first kappa shape index (κ1) is 21.8. The van der Waals surface area contributed by atoms with E-state index in [-0.39, 0.29) is 11.1 Å². The lowest BCUT2D eigenvalue weighted by Gasteiger charge is -2.62. The second-order valence-electron chi connectivity index (χ2n) is 9.09. The van der Waals surface area contributed by atoms with E-state index >= 15 is 0 Å². The van der Waals surface area contributed by atoms with Crippen LogP contribution in [0.1, 0.15) is 36.2 Å². The Morgan fingerprint density at radius 1 is 1.15 bits per heavy atom. The molecule has 1 aromatic carbocycles. The first-order valence-electron chi connectivity index (χ1n) is 10.8. The maximum atomic E-state index is 14.7. The number of anilines is 2. The number of hydrogen-bond donors (Lipinski definition) is 1. The molecule has 0 amide bonds. The molecule has 2 fully saturated rings. The number of likely N-dealkylation sites (N-methyl/N-ethyl adjacent to an activating group) is 1. The van der Waals surface area contributed by atoms with Crippen LogP contribution < -0.4 is 10.2 Å². The summed E-state index contributed by atoms with van der Waals surface area (Å²) in [6.45, 7) is 6.30. The van der Waals surface area contributed by atoms with Crippen molar-refractivity contribution in [3.63, 3.8) is 0 Å². The maximum Gasteiger partial charge on any atom is 0.419 e.